The molecule has 0 spiro atoms. The normalized spacial score (nSPS) is 14.5. The Morgan fingerprint density at radius 3 is 2.18 bits per heavy atom. The Morgan fingerprint density at radius 2 is 1.55 bits per heavy atom. The minimum Gasteiger partial charge on any atom is -0.371 e. The van der Waals surface area contributed by atoms with Gasteiger partial charge in [0.1, 0.15) is 12.7 Å². The fourth-order valence-corrected chi connectivity index (χ4v) is 5.09. The van der Waals surface area contributed by atoms with E-state index in [1.54, 1.807) is 47.1 Å². The molecule has 0 unspecified atom stereocenters. The number of alkyl halides is 3. The fraction of sp³-hybridized carbons (Fsp3) is 0.367. The highest BCUT2D eigenvalue weighted by atomic mass is 19.4. The number of hydrogen-bond acceptors (Lipinski definition) is 7. The summed E-state index contributed by atoms with van der Waals surface area (Å²) in [6.07, 6.45) is -1.56. The molecule has 0 aliphatic carbocycles. The van der Waals surface area contributed by atoms with E-state index in [2.05, 4.69) is 30.9 Å². The van der Waals surface area contributed by atoms with Gasteiger partial charge in [-0.3, -0.25) is 14.3 Å². The molecule has 1 saturated heterocycles. The monoisotopic (exact) mass is 609 g/mol. The highest BCUT2D eigenvalue weighted by Crippen LogP contribution is 2.35. The number of nitrogens with zero attached hydrogens (tertiary/aromatic N) is 6. The number of nitrogens with one attached hydrogen (secondary N) is 3. The van der Waals surface area contributed by atoms with Crippen molar-refractivity contribution < 1.29 is 22.8 Å². The molecule has 232 valence electrons. The smallest absolute Gasteiger partial charge is 0.371 e. The van der Waals surface area contributed by atoms with Crippen LogP contribution in [0.3, 0.4) is 0 Å². The average Bonchev–Trinajstić information content (AvgIpc) is 3.42. The van der Waals surface area contributed by atoms with Crippen molar-refractivity contribution in [1.29, 1.82) is 0 Å². The molecule has 2 aromatic heterocycles. The van der Waals surface area contributed by atoms with Crippen LogP contribution in [0.15, 0.2) is 55.1 Å². The third-order valence-corrected chi connectivity index (χ3v) is 7.34. The maximum Gasteiger partial charge on any atom is 0.416 e. The van der Waals surface area contributed by atoms with Crippen molar-refractivity contribution >= 4 is 40.3 Å². The molecule has 1 fully saturated rings. The van der Waals surface area contributed by atoms with E-state index in [0.29, 0.717) is 48.8 Å². The average molecular weight is 610 g/mol. The number of benzene rings is 2. The minimum atomic E-state index is -4.61. The summed E-state index contributed by atoms with van der Waals surface area (Å²) in [6, 6.07) is 9.96. The second kappa shape index (κ2) is 12.1. The zero-order valence-corrected chi connectivity index (χ0v) is 24.9. The Balaban J connectivity index is 1.22. The van der Waals surface area contributed by atoms with Gasteiger partial charge in [-0.15, -0.1) is 0 Å². The molecular weight excluding hydrogens is 575 g/mol. The first-order chi connectivity index (χ1) is 20.8. The fourth-order valence-electron chi connectivity index (χ4n) is 5.09. The van der Waals surface area contributed by atoms with Crippen molar-refractivity contribution in [3.63, 3.8) is 0 Å². The maximum absolute atomic E-state index is 14.0. The van der Waals surface area contributed by atoms with Gasteiger partial charge >= 0.3 is 12.2 Å². The summed E-state index contributed by atoms with van der Waals surface area (Å²) in [4.78, 5) is 41.7. The largest absolute Gasteiger partial charge is 0.416 e. The molecule has 1 aliphatic rings. The van der Waals surface area contributed by atoms with Crippen molar-refractivity contribution in [2.24, 2.45) is 5.41 Å². The molecule has 44 heavy (non-hydrogen) atoms. The summed E-state index contributed by atoms with van der Waals surface area (Å²) in [5.41, 5.74) is 1.19. The van der Waals surface area contributed by atoms with E-state index in [9.17, 15) is 22.8 Å². The number of amides is 3. The van der Waals surface area contributed by atoms with E-state index >= 15 is 0 Å². The molecular formula is C30H34F3N9O2. The summed E-state index contributed by atoms with van der Waals surface area (Å²) < 4.78 is 43.9. The number of aromatic nitrogens is 4. The van der Waals surface area contributed by atoms with Crippen LogP contribution in [-0.4, -0.2) is 74.5 Å². The van der Waals surface area contributed by atoms with Crippen LogP contribution >= 0.6 is 0 Å². The first-order valence-corrected chi connectivity index (χ1v) is 14.1. The quantitative estimate of drug-likeness (QED) is 0.275. The van der Waals surface area contributed by atoms with Crippen LogP contribution in [0.25, 0.3) is 16.9 Å². The summed E-state index contributed by atoms with van der Waals surface area (Å²) in [5.74, 6) is 0.625. The lowest BCUT2D eigenvalue weighted by Gasteiger charge is -2.38. The number of hydrogen-bond donors (Lipinski definition) is 3. The van der Waals surface area contributed by atoms with E-state index in [1.807, 2.05) is 25.7 Å². The highest BCUT2D eigenvalue weighted by Gasteiger charge is 2.35. The van der Waals surface area contributed by atoms with Crippen LogP contribution in [0.2, 0.25) is 0 Å². The standard InChI is InChI=1S/C30H34F3N9O2/c1-29(2,3)27(43)41-13-11-40(12-14-41)16-19-5-6-21(15-23(19)30(31,32)33)39-28(44)38-20-7-9-22(10-8-20)42-18-37-24-25(34-4)35-17-36-26(24)42/h5-10,15,17-18H,11-14,16H2,1-4H3,(H,34,35,36)(H2,38,39,44). The molecule has 5 rings (SSSR count). The Hall–Kier alpha value is -4.72. The van der Waals surface area contributed by atoms with E-state index in [-0.39, 0.29) is 23.7 Å². The maximum atomic E-state index is 14.0. The molecule has 0 atom stereocenters. The molecule has 4 aromatic rings. The lowest BCUT2D eigenvalue weighted by Crippen LogP contribution is -2.51. The van der Waals surface area contributed by atoms with Crippen molar-refractivity contribution in [1.82, 2.24) is 29.3 Å². The summed E-state index contributed by atoms with van der Waals surface area (Å²) in [7, 11) is 1.74. The molecule has 1 aliphatic heterocycles. The predicted octanol–water partition coefficient (Wildman–Crippen LogP) is 5.21. The van der Waals surface area contributed by atoms with Gasteiger partial charge in [0, 0.05) is 62.2 Å². The van der Waals surface area contributed by atoms with Gasteiger partial charge in [0.05, 0.1) is 5.56 Å². The zero-order chi connectivity index (χ0) is 31.6. The third-order valence-electron chi connectivity index (χ3n) is 7.34. The Bertz CT molecular complexity index is 1660. The second-order valence-corrected chi connectivity index (χ2v) is 11.6. The van der Waals surface area contributed by atoms with Crippen LogP contribution in [0, 0.1) is 5.41 Å². The Morgan fingerprint density at radius 1 is 0.886 bits per heavy atom. The Kier molecular flexibility index (Phi) is 8.46. The molecule has 3 amide bonds. The van der Waals surface area contributed by atoms with Gasteiger partial charge in [-0.05, 0) is 42.0 Å². The molecule has 11 nitrogen and oxygen atoms in total. The molecule has 0 saturated carbocycles. The number of halogens is 3. The molecule has 14 heteroatoms. The number of anilines is 3. The molecule has 0 bridgehead atoms. The number of imidazole rings is 1. The van der Waals surface area contributed by atoms with E-state index in [1.165, 1.54) is 18.5 Å². The van der Waals surface area contributed by atoms with Gasteiger partial charge in [0.2, 0.25) is 5.91 Å². The van der Waals surface area contributed by atoms with Gasteiger partial charge in [-0.1, -0.05) is 26.8 Å². The first-order valence-electron chi connectivity index (χ1n) is 14.1. The molecule has 0 radical (unpaired) electrons. The number of piperazine rings is 1. The SMILES string of the molecule is CNc1ncnc2c1ncn2-c1ccc(NC(=O)Nc2ccc(CN3CCN(C(=O)C(C)(C)C)CC3)c(C(F)(F)F)c2)cc1. The summed E-state index contributed by atoms with van der Waals surface area (Å²) in [6.45, 7) is 7.51. The lowest BCUT2D eigenvalue weighted by atomic mass is 9.94. The van der Waals surface area contributed by atoms with Gasteiger partial charge < -0.3 is 20.9 Å². The van der Waals surface area contributed by atoms with Crippen LogP contribution in [-0.2, 0) is 17.5 Å². The van der Waals surface area contributed by atoms with Crippen molar-refractivity contribution in [2.75, 3.05) is 49.2 Å². The van der Waals surface area contributed by atoms with E-state index in [4.69, 9.17) is 0 Å². The number of urea groups is 1. The van der Waals surface area contributed by atoms with E-state index in [0.717, 1.165) is 11.8 Å². The number of fused-ring (bicyclic) bond motifs is 1. The number of carbonyl (C=O) groups is 2. The van der Waals surface area contributed by atoms with E-state index < -0.39 is 23.2 Å². The Labute approximate surface area is 252 Å². The van der Waals surface area contributed by atoms with Gasteiger partial charge in [0.25, 0.3) is 0 Å². The van der Waals surface area contributed by atoms with Crippen LogP contribution < -0.4 is 16.0 Å². The molecule has 2 aromatic carbocycles. The van der Waals surface area contributed by atoms with Gasteiger partial charge in [-0.25, -0.2) is 19.7 Å². The van der Waals surface area contributed by atoms with Gasteiger partial charge in [0.15, 0.2) is 17.0 Å². The number of rotatable bonds is 6. The van der Waals surface area contributed by atoms with Crippen molar-refractivity contribution in [3.05, 3.63) is 66.2 Å². The van der Waals surface area contributed by atoms with Crippen LogP contribution in [0.5, 0.6) is 0 Å². The highest BCUT2D eigenvalue weighted by molar-refractivity contribution is 6.00. The third kappa shape index (κ3) is 6.75. The minimum absolute atomic E-state index is 0.0145. The molecule has 3 N–H and O–H groups in total. The van der Waals surface area contributed by atoms with Crippen LogP contribution in [0.1, 0.15) is 31.9 Å². The first kappa shape index (κ1) is 30.7. The lowest BCUT2D eigenvalue weighted by molar-refractivity contribution is -0.141. The topological polar surface area (TPSA) is 120 Å². The van der Waals surface area contributed by atoms with Crippen LogP contribution in [0.4, 0.5) is 35.2 Å². The van der Waals surface area contributed by atoms with Crippen molar-refractivity contribution in [2.45, 2.75) is 33.5 Å². The van der Waals surface area contributed by atoms with Gasteiger partial charge in [-0.2, -0.15) is 13.2 Å². The zero-order valence-electron chi connectivity index (χ0n) is 24.9. The predicted molar refractivity (Wildman–Crippen MR) is 162 cm³/mol. The molecule has 3 heterocycles. The summed E-state index contributed by atoms with van der Waals surface area (Å²) >= 11 is 0. The number of carbonyl (C=O) groups excluding carboxylic acids is 2. The second-order valence-electron chi connectivity index (χ2n) is 11.6. The van der Waals surface area contributed by atoms with Crippen molar-refractivity contribution in [3.8, 4) is 5.69 Å². The summed E-state index contributed by atoms with van der Waals surface area (Å²) in [5, 5.41) is 8.12.